The molecule has 1 aromatic carbocycles. The third kappa shape index (κ3) is 2.43. The highest BCUT2D eigenvalue weighted by Gasteiger charge is 2.30. The Kier molecular flexibility index (Phi) is 3.96. The van der Waals surface area contributed by atoms with Crippen LogP contribution in [0.15, 0.2) is 12.1 Å². The molecular formula is C16H19N3O4. The fourth-order valence-corrected chi connectivity index (χ4v) is 2.99. The highest BCUT2D eigenvalue weighted by atomic mass is 16.5. The zero-order valence-corrected chi connectivity index (χ0v) is 13.3. The first-order chi connectivity index (χ1) is 11.1. The summed E-state index contributed by atoms with van der Waals surface area (Å²) in [5.74, 6) is 1.03. The highest BCUT2D eigenvalue weighted by molar-refractivity contribution is 5.97. The van der Waals surface area contributed by atoms with Crippen LogP contribution in [0.2, 0.25) is 0 Å². The van der Waals surface area contributed by atoms with E-state index in [1.807, 2.05) is 19.2 Å². The molecule has 1 aromatic heterocycles. The van der Waals surface area contributed by atoms with Crippen LogP contribution in [0, 0.1) is 0 Å². The Bertz CT molecular complexity index is 767. The topological polar surface area (TPSA) is 85.6 Å². The van der Waals surface area contributed by atoms with Crippen LogP contribution in [-0.4, -0.2) is 48.2 Å². The molecule has 122 valence electrons. The van der Waals surface area contributed by atoms with Crippen molar-refractivity contribution >= 4 is 5.91 Å². The van der Waals surface area contributed by atoms with Crippen molar-refractivity contribution in [2.45, 2.75) is 6.42 Å². The lowest BCUT2D eigenvalue weighted by molar-refractivity contribution is 0.0938. The molecule has 0 fully saturated rings. The quantitative estimate of drug-likeness (QED) is 0.724. The van der Waals surface area contributed by atoms with Crippen LogP contribution in [0.1, 0.15) is 21.6 Å². The number of methoxy groups -OCH3 is 2. The summed E-state index contributed by atoms with van der Waals surface area (Å²) in [7, 11) is 5.01. The van der Waals surface area contributed by atoms with E-state index >= 15 is 0 Å². The fourth-order valence-electron chi connectivity index (χ4n) is 2.99. The number of aliphatic hydroxyl groups is 1. The maximum atomic E-state index is 12.2. The van der Waals surface area contributed by atoms with Gasteiger partial charge in [0, 0.05) is 31.1 Å². The molecule has 1 aliphatic carbocycles. The lowest BCUT2D eigenvalue weighted by atomic mass is 10.1. The van der Waals surface area contributed by atoms with Crippen molar-refractivity contribution in [3.05, 3.63) is 29.0 Å². The number of aryl methyl sites for hydroxylation is 1. The molecule has 23 heavy (non-hydrogen) atoms. The number of amides is 1. The minimum Gasteiger partial charge on any atom is -0.493 e. The van der Waals surface area contributed by atoms with Gasteiger partial charge in [-0.25, -0.2) is 0 Å². The van der Waals surface area contributed by atoms with Crippen molar-refractivity contribution in [3.63, 3.8) is 0 Å². The summed E-state index contributed by atoms with van der Waals surface area (Å²) < 4.78 is 12.4. The van der Waals surface area contributed by atoms with Crippen LogP contribution >= 0.6 is 0 Å². The van der Waals surface area contributed by atoms with Crippen molar-refractivity contribution in [2.75, 3.05) is 27.4 Å². The molecule has 7 nitrogen and oxygen atoms in total. The molecule has 1 heterocycles. The van der Waals surface area contributed by atoms with E-state index in [9.17, 15) is 4.79 Å². The van der Waals surface area contributed by atoms with E-state index in [4.69, 9.17) is 14.6 Å². The number of aromatic nitrogens is 2. The number of hydrogen-bond acceptors (Lipinski definition) is 5. The molecule has 1 amide bonds. The first kappa shape index (κ1) is 15.4. The Morgan fingerprint density at radius 3 is 2.70 bits per heavy atom. The molecule has 0 bridgehead atoms. The zero-order valence-electron chi connectivity index (χ0n) is 13.3. The summed E-state index contributed by atoms with van der Waals surface area (Å²) >= 11 is 0. The van der Waals surface area contributed by atoms with Crippen molar-refractivity contribution in [2.24, 2.45) is 7.05 Å². The van der Waals surface area contributed by atoms with Gasteiger partial charge in [-0.2, -0.15) is 5.10 Å². The first-order valence-corrected chi connectivity index (χ1v) is 7.30. The minimum absolute atomic E-state index is 0.102. The van der Waals surface area contributed by atoms with Crippen LogP contribution < -0.4 is 14.8 Å². The smallest absolute Gasteiger partial charge is 0.272 e. The molecule has 1 aliphatic rings. The normalized spacial score (nSPS) is 11.8. The third-order valence-electron chi connectivity index (χ3n) is 3.99. The number of ether oxygens (including phenoxy) is 2. The van der Waals surface area contributed by atoms with Gasteiger partial charge in [0.15, 0.2) is 17.2 Å². The largest absolute Gasteiger partial charge is 0.493 e. The van der Waals surface area contributed by atoms with E-state index in [1.165, 1.54) is 0 Å². The number of hydrogen-bond donors (Lipinski definition) is 2. The van der Waals surface area contributed by atoms with Gasteiger partial charge in [-0.3, -0.25) is 9.48 Å². The Balaban J connectivity index is 2.06. The van der Waals surface area contributed by atoms with Gasteiger partial charge in [0.05, 0.1) is 26.5 Å². The lowest BCUT2D eigenvalue weighted by Crippen LogP contribution is -2.27. The van der Waals surface area contributed by atoms with Gasteiger partial charge in [0.2, 0.25) is 0 Å². The average molecular weight is 317 g/mol. The number of fused-ring (bicyclic) bond motifs is 3. The van der Waals surface area contributed by atoms with Gasteiger partial charge < -0.3 is 19.9 Å². The Hall–Kier alpha value is -2.54. The molecule has 3 rings (SSSR count). The van der Waals surface area contributed by atoms with Gasteiger partial charge in [0.25, 0.3) is 5.91 Å². The van der Waals surface area contributed by atoms with Crippen LogP contribution in [-0.2, 0) is 13.5 Å². The molecule has 0 radical (unpaired) electrons. The predicted octanol–water partition coefficient (Wildman–Crippen LogP) is 0.731. The van der Waals surface area contributed by atoms with Gasteiger partial charge in [0.1, 0.15) is 0 Å². The van der Waals surface area contributed by atoms with Crippen molar-refractivity contribution in [1.29, 1.82) is 0 Å². The number of carbonyl (C=O) groups is 1. The van der Waals surface area contributed by atoms with Crippen molar-refractivity contribution in [3.8, 4) is 22.8 Å². The summed E-state index contributed by atoms with van der Waals surface area (Å²) in [6.45, 7) is 0.105. The Morgan fingerprint density at radius 1 is 1.35 bits per heavy atom. The summed E-state index contributed by atoms with van der Waals surface area (Å²) in [6, 6.07) is 3.85. The van der Waals surface area contributed by atoms with E-state index in [2.05, 4.69) is 10.4 Å². The van der Waals surface area contributed by atoms with Gasteiger partial charge in [-0.15, -0.1) is 0 Å². The molecule has 0 saturated carbocycles. The molecule has 0 spiro atoms. The first-order valence-electron chi connectivity index (χ1n) is 7.30. The van der Waals surface area contributed by atoms with Gasteiger partial charge in [-0.1, -0.05) is 0 Å². The number of nitrogens with one attached hydrogen (secondary N) is 1. The lowest BCUT2D eigenvalue weighted by Gasteiger charge is -2.11. The minimum atomic E-state index is -0.275. The second kappa shape index (κ2) is 5.92. The summed E-state index contributed by atoms with van der Waals surface area (Å²) in [5.41, 5.74) is 4.25. The maximum absolute atomic E-state index is 12.2. The summed E-state index contributed by atoms with van der Waals surface area (Å²) in [4.78, 5) is 12.2. The number of rotatable bonds is 5. The van der Waals surface area contributed by atoms with Crippen LogP contribution in [0.25, 0.3) is 11.3 Å². The van der Waals surface area contributed by atoms with E-state index in [1.54, 1.807) is 18.9 Å². The number of carbonyl (C=O) groups excluding carboxylic acids is 1. The summed E-state index contributed by atoms with van der Waals surface area (Å²) in [6.07, 6.45) is 0.612. The van der Waals surface area contributed by atoms with E-state index in [0.717, 1.165) is 22.4 Å². The number of benzene rings is 1. The molecule has 0 saturated heterocycles. The second-order valence-corrected chi connectivity index (χ2v) is 5.32. The highest BCUT2D eigenvalue weighted by Crippen LogP contribution is 2.43. The average Bonchev–Trinajstić information content (AvgIpc) is 3.08. The molecule has 0 atom stereocenters. The Morgan fingerprint density at radius 2 is 2.04 bits per heavy atom. The monoisotopic (exact) mass is 317 g/mol. The molecular weight excluding hydrogens is 298 g/mol. The van der Waals surface area contributed by atoms with E-state index < -0.39 is 0 Å². The predicted molar refractivity (Wildman–Crippen MR) is 84.0 cm³/mol. The van der Waals surface area contributed by atoms with Crippen LogP contribution in [0.3, 0.4) is 0 Å². The molecule has 0 aliphatic heterocycles. The zero-order chi connectivity index (χ0) is 16.6. The standard InChI is InChI=1S/C16H19N3O4/c1-19-15-10-8-13(23-3)12(22-2)7-9(10)6-11(15)14(18-19)16(21)17-4-5-20/h7-8,20H,4-6H2,1-3H3,(H,17,21). The molecule has 7 heteroatoms. The summed E-state index contributed by atoms with van der Waals surface area (Å²) in [5, 5.41) is 15.8. The van der Waals surface area contributed by atoms with Crippen molar-refractivity contribution < 1.29 is 19.4 Å². The van der Waals surface area contributed by atoms with Crippen molar-refractivity contribution in [1.82, 2.24) is 15.1 Å². The van der Waals surface area contributed by atoms with Gasteiger partial charge in [-0.05, 0) is 17.7 Å². The van der Waals surface area contributed by atoms with Crippen LogP contribution in [0.4, 0.5) is 0 Å². The fraction of sp³-hybridized carbons (Fsp3) is 0.375. The SMILES string of the molecule is COc1cc2c(cc1OC)-c1c(c(C(=O)NCCO)nn1C)C2. The third-order valence-corrected chi connectivity index (χ3v) is 3.99. The molecule has 0 unspecified atom stereocenters. The molecule has 2 aromatic rings. The van der Waals surface area contributed by atoms with Crippen LogP contribution in [0.5, 0.6) is 11.5 Å². The number of aliphatic hydroxyl groups excluding tert-OH is 1. The Labute approximate surface area is 133 Å². The molecule has 2 N–H and O–H groups in total. The maximum Gasteiger partial charge on any atom is 0.272 e. The van der Waals surface area contributed by atoms with Gasteiger partial charge >= 0.3 is 0 Å². The number of nitrogens with zero attached hydrogens (tertiary/aromatic N) is 2. The van der Waals surface area contributed by atoms with E-state index in [0.29, 0.717) is 23.6 Å². The van der Waals surface area contributed by atoms with E-state index in [-0.39, 0.29) is 19.1 Å². The second-order valence-electron chi connectivity index (χ2n) is 5.32.